The number of likely N-dealkylation sites (tertiary alicyclic amines) is 1. The van der Waals surface area contributed by atoms with Crippen LogP contribution in [0.25, 0.3) is 0 Å². The maximum atomic E-state index is 13.2. The standard InChI is InChI=1S/C23H28N2O5/c1-28-18-13-16(14-19(29-2)22(18)30-3)15-24-23(27)21(17-9-5-4-6-10-17)25-12-8-7-11-20(25)26/h4-6,9-10,13-14,21H,7-8,11-12,15H2,1-3H3,(H,24,27). The predicted molar refractivity (Wildman–Crippen MR) is 113 cm³/mol. The van der Waals surface area contributed by atoms with Crippen molar-refractivity contribution in [2.75, 3.05) is 27.9 Å². The molecule has 7 heteroatoms. The van der Waals surface area contributed by atoms with Gasteiger partial charge < -0.3 is 24.4 Å². The zero-order chi connectivity index (χ0) is 21.5. The fourth-order valence-corrected chi connectivity index (χ4v) is 3.73. The van der Waals surface area contributed by atoms with Crippen LogP contribution in [0.3, 0.4) is 0 Å². The summed E-state index contributed by atoms with van der Waals surface area (Å²) in [5.74, 6) is 1.33. The third-order valence-corrected chi connectivity index (χ3v) is 5.23. The number of carbonyl (C=O) groups excluding carboxylic acids is 2. The quantitative estimate of drug-likeness (QED) is 0.721. The topological polar surface area (TPSA) is 77.1 Å². The summed E-state index contributed by atoms with van der Waals surface area (Å²) in [5, 5.41) is 2.97. The maximum absolute atomic E-state index is 13.2. The summed E-state index contributed by atoms with van der Waals surface area (Å²) in [7, 11) is 4.64. The number of carbonyl (C=O) groups is 2. The van der Waals surface area contributed by atoms with Gasteiger partial charge in [-0.15, -0.1) is 0 Å². The van der Waals surface area contributed by atoms with Gasteiger partial charge in [0.1, 0.15) is 6.04 Å². The highest BCUT2D eigenvalue weighted by molar-refractivity contribution is 5.89. The Balaban J connectivity index is 1.82. The van der Waals surface area contributed by atoms with E-state index in [4.69, 9.17) is 14.2 Å². The summed E-state index contributed by atoms with van der Waals surface area (Å²) in [4.78, 5) is 27.4. The molecule has 0 spiro atoms. The molecule has 1 aliphatic rings. The molecule has 0 saturated carbocycles. The molecule has 2 aromatic carbocycles. The minimum atomic E-state index is -0.652. The van der Waals surface area contributed by atoms with Gasteiger partial charge in [-0.25, -0.2) is 0 Å². The van der Waals surface area contributed by atoms with Gasteiger partial charge in [0.15, 0.2) is 11.5 Å². The number of nitrogens with one attached hydrogen (secondary N) is 1. The molecule has 7 nitrogen and oxygen atoms in total. The fraction of sp³-hybridized carbons (Fsp3) is 0.391. The Morgan fingerprint density at radius 1 is 1.03 bits per heavy atom. The molecule has 2 amide bonds. The van der Waals surface area contributed by atoms with E-state index in [9.17, 15) is 9.59 Å². The van der Waals surface area contributed by atoms with E-state index in [0.717, 1.165) is 24.0 Å². The van der Waals surface area contributed by atoms with Crippen LogP contribution in [0.5, 0.6) is 17.2 Å². The van der Waals surface area contributed by atoms with Gasteiger partial charge in [-0.3, -0.25) is 9.59 Å². The molecule has 1 heterocycles. The van der Waals surface area contributed by atoms with E-state index in [0.29, 0.717) is 30.2 Å². The van der Waals surface area contributed by atoms with Crippen LogP contribution in [0, 0.1) is 0 Å². The minimum Gasteiger partial charge on any atom is -0.493 e. The van der Waals surface area contributed by atoms with Crippen molar-refractivity contribution < 1.29 is 23.8 Å². The van der Waals surface area contributed by atoms with Gasteiger partial charge >= 0.3 is 0 Å². The first-order chi connectivity index (χ1) is 14.6. The van der Waals surface area contributed by atoms with Gasteiger partial charge in [-0.2, -0.15) is 0 Å². The van der Waals surface area contributed by atoms with Crippen molar-refractivity contribution in [1.29, 1.82) is 0 Å². The highest BCUT2D eigenvalue weighted by atomic mass is 16.5. The molecule has 1 unspecified atom stereocenters. The first kappa shape index (κ1) is 21.5. The molecular formula is C23H28N2O5. The second-order valence-corrected chi connectivity index (χ2v) is 7.11. The molecule has 3 rings (SSSR count). The van der Waals surface area contributed by atoms with Crippen molar-refractivity contribution in [3.05, 3.63) is 53.6 Å². The second-order valence-electron chi connectivity index (χ2n) is 7.11. The first-order valence-electron chi connectivity index (χ1n) is 10.00. The van der Waals surface area contributed by atoms with Crippen molar-refractivity contribution in [3.63, 3.8) is 0 Å². The van der Waals surface area contributed by atoms with Crippen LogP contribution < -0.4 is 19.5 Å². The Morgan fingerprint density at radius 3 is 2.27 bits per heavy atom. The van der Waals surface area contributed by atoms with E-state index in [1.54, 1.807) is 38.4 Å². The monoisotopic (exact) mass is 412 g/mol. The predicted octanol–water partition coefficient (Wildman–Crippen LogP) is 3.08. The van der Waals surface area contributed by atoms with E-state index in [1.807, 2.05) is 30.3 Å². The summed E-state index contributed by atoms with van der Waals surface area (Å²) >= 11 is 0. The number of hydrogen-bond acceptors (Lipinski definition) is 5. The van der Waals surface area contributed by atoms with Crippen molar-refractivity contribution in [2.45, 2.75) is 31.8 Å². The van der Waals surface area contributed by atoms with Crippen LogP contribution in [0.2, 0.25) is 0 Å². The van der Waals surface area contributed by atoms with Crippen LogP contribution in [0.15, 0.2) is 42.5 Å². The largest absolute Gasteiger partial charge is 0.493 e. The van der Waals surface area contributed by atoms with Crippen LogP contribution >= 0.6 is 0 Å². The van der Waals surface area contributed by atoms with E-state index in [1.165, 1.54) is 0 Å². The Morgan fingerprint density at radius 2 is 1.70 bits per heavy atom. The highest BCUT2D eigenvalue weighted by Crippen LogP contribution is 2.38. The minimum absolute atomic E-state index is 0.0121. The summed E-state index contributed by atoms with van der Waals surface area (Å²) in [6, 6.07) is 12.4. The number of nitrogens with zero attached hydrogens (tertiary/aromatic N) is 1. The van der Waals surface area contributed by atoms with Gasteiger partial charge in [0.2, 0.25) is 17.6 Å². The maximum Gasteiger partial charge on any atom is 0.247 e. The molecule has 0 radical (unpaired) electrons. The highest BCUT2D eigenvalue weighted by Gasteiger charge is 2.32. The number of amides is 2. The molecule has 0 bridgehead atoms. The Bertz CT molecular complexity index is 859. The lowest BCUT2D eigenvalue weighted by atomic mass is 10.0. The summed E-state index contributed by atoms with van der Waals surface area (Å²) in [5.41, 5.74) is 1.60. The van der Waals surface area contributed by atoms with Gasteiger partial charge in [0, 0.05) is 19.5 Å². The zero-order valence-electron chi connectivity index (χ0n) is 17.6. The fourth-order valence-electron chi connectivity index (χ4n) is 3.73. The number of methoxy groups -OCH3 is 3. The van der Waals surface area contributed by atoms with Crippen molar-refractivity contribution in [3.8, 4) is 17.2 Å². The second kappa shape index (κ2) is 10.0. The van der Waals surface area contributed by atoms with E-state index in [-0.39, 0.29) is 18.4 Å². The van der Waals surface area contributed by atoms with Crippen molar-refractivity contribution >= 4 is 11.8 Å². The lowest BCUT2D eigenvalue weighted by Gasteiger charge is -2.34. The normalized spacial score (nSPS) is 14.8. The van der Waals surface area contributed by atoms with E-state index >= 15 is 0 Å². The summed E-state index contributed by atoms with van der Waals surface area (Å²) < 4.78 is 16.1. The zero-order valence-corrected chi connectivity index (χ0v) is 17.6. The number of hydrogen-bond donors (Lipinski definition) is 1. The molecular weight excluding hydrogens is 384 g/mol. The van der Waals surface area contributed by atoms with Crippen LogP contribution in [-0.4, -0.2) is 44.6 Å². The molecule has 30 heavy (non-hydrogen) atoms. The average molecular weight is 412 g/mol. The van der Waals surface area contributed by atoms with Gasteiger partial charge in [-0.05, 0) is 36.1 Å². The third kappa shape index (κ3) is 4.67. The molecule has 160 valence electrons. The number of benzene rings is 2. The van der Waals surface area contributed by atoms with Gasteiger partial charge in [0.05, 0.1) is 21.3 Å². The van der Waals surface area contributed by atoms with Crippen LogP contribution in [-0.2, 0) is 16.1 Å². The number of rotatable bonds is 8. The summed E-state index contributed by atoms with van der Waals surface area (Å²) in [6.07, 6.45) is 2.24. The Hall–Kier alpha value is -3.22. The molecule has 2 aromatic rings. The average Bonchev–Trinajstić information content (AvgIpc) is 2.79. The first-order valence-corrected chi connectivity index (χ1v) is 10.00. The third-order valence-electron chi connectivity index (χ3n) is 5.23. The lowest BCUT2D eigenvalue weighted by molar-refractivity contribution is -0.142. The molecule has 0 aliphatic carbocycles. The molecule has 1 saturated heterocycles. The number of ether oxygens (including phenoxy) is 3. The lowest BCUT2D eigenvalue weighted by Crippen LogP contribution is -2.45. The summed E-state index contributed by atoms with van der Waals surface area (Å²) in [6.45, 7) is 0.844. The van der Waals surface area contributed by atoms with Gasteiger partial charge in [0.25, 0.3) is 0 Å². The molecule has 0 aromatic heterocycles. The van der Waals surface area contributed by atoms with Crippen LogP contribution in [0.4, 0.5) is 0 Å². The van der Waals surface area contributed by atoms with E-state index < -0.39 is 6.04 Å². The Labute approximate surface area is 176 Å². The van der Waals surface area contributed by atoms with Crippen molar-refractivity contribution in [1.82, 2.24) is 10.2 Å². The SMILES string of the molecule is COc1cc(CNC(=O)C(c2ccccc2)N2CCCCC2=O)cc(OC)c1OC. The Kier molecular flexibility index (Phi) is 7.17. The van der Waals surface area contributed by atoms with Crippen molar-refractivity contribution in [2.24, 2.45) is 0 Å². The van der Waals surface area contributed by atoms with E-state index in [2.05, 4.69) is 5.32 Å². The number of piperidine rings is 1. The molecule has 1 atom stereocenters. The van der Waals surface area contributed by atoms with Crippen LogP contribution in [0.1, 0.15) is 36.4 Å². The molecule has 1 fully saturated rings. The van der Waals surface area contributed by atoms with Gasteiger partial charge in [-0.1, -0.05) is 30.3 Å². The molecule has 1 aliphatic heterocycles. The smallest absolute Gasteiger partial charge is 0.247 e. The molecule has 1 N–H and O–H groups in total.